The first-order chi connectivity index (χ1) is 10.7. The van der Waals surface area contributed by atoms with Gasteiger partial charge in [0.25, 0.3) is 0 Å². The number of methoxy groups -OCH3 is 1. The van der Waals surface area contributed by atoms with Gasteiger partial charge in [0.1, 0.15) is 0 Å². The Morgan fingerprint density at radius 2 is 1.95 bits per heavy atom. The lowest BCUT2D eigenvalue weighted by Gasteiger charge is -2.27. The van der Waals surface area contributed by atoms with Crippen molar-refractivity contribution in [3.05, 3.63) is 23.8 Å². The predicted octanol–water partition coefficient (Wildman–Crippen LogP) is 2.57. The van der Waals surface area contributed by atoms with Gasteiger partial charge in [-0.1, -0.05) is 19.9 Å². The largest absolute Gasteiger partial charge is 0.493 e. The number of ether oxygens (including phenoxy) is 2. The molecule has 0 spiro atoms. The Labute approximate surface area is 134 Å². The molecule has 22 heavy (non-hydrogen) atoms. The molecule has 1 aromatic carbocycles. The van der Waals surface area contributed by atoms with Crippen LogP contribution in [0.15, 0.2) is 18.2 Å². The maximum Gasteiger partial charge on any atom is 0.161 e. The van der Waals surface area contributed by atoms with Crippen molar-refractivity contribution in [1.29, 1.82) is 0 Å². The minimum absolute atomic E-state index is 0.515. The third-order valence-electron chi connectivity index (χ3n) is 3.95. The van der Waals surface area contributed by atoms with Crippen LogP contribution in [0.1, 0.15) is 25.8 Å². The Kier molecular flexibility index (Phi) is 7.00. The van der Waals surface area contributed by atoms with E-state index >= 15 is 0 Å². The summed E-state index contributed by atoms with van der Waals surface area (Å²) < 4.78 is 11.3. The smallest absolute Gasteiger partial charge is 0.161 e. The number of rotatable bonds is 8. The van der Waals surface area contributed by atoms with Gasteiger partial charge in [-0.3, -0.25) is 0 Å². The molecule has 1 saturated heterocycles. The monoisotopic (exact) mass is 306 g/mol. The van der Waals surface area contributed by atoms with Gasteiger partial charge in [-0.15, -0.1) is 0 Å². The van der Waals surface area contributed by atoms with Crippen molar-refractivity contribution in [3.63, 3.8) is 0 Å². The van der Waals surface area contributed by atoms with Gasteiger partial charge in [-0.05, 0) is 43.0 Å². The quantitative estimate of drug-likeness (QED) is 0.800. The van der Waals surface area contributed by atoms with Crippen LogP contribution in [0.5, 0.6) is 11.5 Å². The van der Waals surface area contributed by atoms with Crippen LogP contribution in [0.25, 0.3) is 0 Å². The van der Waals surface area contributed by atoms with E-state index in [9.17, 15) is 0 Å². The van der Waals surface area contributed by atoms with Crippen LogP contribution in [0.3, 0.4) is 0 Å². The van der Waals surface area contributed by atoms with Crippen LogP contribution in [-0.4, -0.2) is 51.3 Å². The van der Waals surface area contributed by atoms with Crippen molar-refractivity contribution in [2.45, 2.75) is 26.7 Å². The third kappa shape index (κ3) is 5.50. The number of hydrogen-bond acceptors (Lipinski definition) is 4. The number of aryl methyl sites for hydroxylation is 1. The highest BCUT2D eigenvalue weighted by molar-refractivity contribution is 5.43. The fourth-order valence-electron chi connectivity index (χ4n) is 2.69. The molecule has 1 heterocycles. The number of nitrogens with zero attached hydrogens (tertiary/aromatic N) is 1. The standard InChI is InChI=1S/C18H30N2O2/c1-15(2)14-22-18-13-16(6-7-17(18)21-3)5-4-10-20-11-8-19-9-12-20/h6-7,13,15,19H,4-5,8-12,14H2,1-3H3. The molecule has 0 amide bonds. The van der Waals surface area contributed by atoms with Crippen LogP contribution in [-0.2, 0) is 6.42 Å². The van der Waals surface area contributed by atoms with Crippen molar-refractivity contribution >= 4 is 0 Å². The maximum atomic E-state index is 5.88. The number of piperazine rings is 1. The van der Waals surface area contributed by atoms with Gasteiger partial charge < -0.3 is 19.7 Å². The summed E-state index contributed by atoms with van der Waals surface area (Å²) in [6, 6.07) is 6.31. The summed E-state index contributed by atoms with van der Waals surface area (Å²) in [5.74, 6) is 2.21. The van der Waals surface area contributed by atoms with Gasteiger partial charge in [0.05, 0.1) is 13.7 Å². The molecule has 0 unspecified atom stereocenters. The predicted molar refractivity (Wildman–Crippen MR) is 91.0 cm³/mol. The summed E-state index contributed by atoms with van der Waals surface area (Å²) in [6.07, 6.45) is 2.28. The second-order valence-corrected chi connectivity index (χ2v) is 6.39. The van der Waals surface area contributed by atoms with Crippen LogP contribution in [0, 0.1) is 5.92 Å². The number of hydrogen-bond donors (Lipinski definition) is 1. The molecule has 1 N–H and O–H groups in total. The summed E-state index contributed by atoms with van der Waals surface area (Å²) in [5, 5.41) is 3.39. The summed E-state index contributed by atoms with van der Waals surface area (Å²) in [7, 11) is 1.70. The Balaban J connectivity index is 1.85. The SMILES string of the molecule is COc1ccc(CCCN2CCNCC2)cc1OCC(C)C. The van der Waals surface area contributed by atoms with E-state index in [0.717, 1.165) is 37.6 Å². The molecule has 0 bridgehead atoms. The second-order valence-electron chi connectivity index (χ2n) is 6.39. The molecule has 1 aliphatic heterocycles. The van der Waals surface area contributed by atoms with E-state index in [1.165, 1.54) is 31.6 Å². The Hall–Kier alpha value is -1.26. The van der Waals surface area contributed by atoms with Crippen LogP contribution < -0.4 is 14.8 Å². The topological polar surface area (TPSA) is 33.7 Å². The lowest BCUT2D eigenvalue weighted by molar-refractivity contribution is 0.238. The van der Waals surface area contributed by atoms with E-state index in [-0.39, 0.29) is 0 Å². The summed E-state index contributed by atoms with van der Waals surface area (Å²) in [4.78, 5) is 2.54. The van der Waals surface area contributed by atoms with Gasteiger partial charge in [0.15, 0.2) is 11.5 Å². The van der Waals surface area contributed by atoms with Gasteiger partial charge >= 0.3 is 0 Å². The van der Waals surface area contributed by atoms with Crippen molar-refractivity contribution in [1.82, 2.24) is 10.2 Å². The summed E-state index contributed by atoms with van der Waals surface area (Å²) in [5.41, 5.74) is 1.33. The van der Waals surface area contributed by atoms with Crippen LogP contribution in [0.2, 0.25) is 0 Å². The first-order valence-corrected chi connectivity index (χ1v) is 8.42. The zero-order chi connectivity index (χ0) is 15.8. The van der Waals surface area contributed by atoms with E-state index in [1.807, 2.05) is 6.07 Å². The molecule has 0 radical (unpaired) electrons. The Morgan fingerprint density at radius 3 is 2.64 bits per heavy atom. The molecule has 1 aliphatic rings. The summed E-state index contributed by atoms with van der Waals surface area (Å²) in [6.45, 7) is 10.8. The zero-order valence-electron chi connectivity index (χ0n) is 14.2. The maximum absolute atomic E-state index is 5.88. The fraction of sp³-hybridized carbons (Fsp3) is 0.667. The van der Waals surface area contributed by atoms with Gasteiger partial charge in [0, 0.05) is 26.2 Å². The lowest BCUT2D eigenvalue weighted by atomic mass is 10.1. The van der Waals surface area contributed by atoms with Crippen LogP contribution >= 0.6 is 0 Å². The molecule has 0 atom stereocenters. The van der Waals surface area contributed by atoms with Gasteiger partial charge in [-0.2, -0.15) is 0 Å². The minimum Gasteiger partial charge on any atom is -0.493 e. The second kappa shape index (κ2) is 9.01. The lowest BCUT2D eigenvalue weighted by Crippen LogP contribution is -2.43. The molecule has 0 aromatic heterocycles. The van der Waals surface area contributed by atoms with Crippen molar-refractivity contribution in [2.24, 2.45) is 5.92 Å². The Bertz CT molecular complexity index is 443. The van der Waals surface area contributed by atoms with E-state index in [4.69, 9.17) is 9.47 Å². The average molecular weight is 306 g/mol. The van der Waals surface area contributed by atoms with Gasteiger partial charge in [-0.25, -0.2) is 0 Å². The average Bonchev–Trinajstić information content (AvgIpc) is 2.54. The zero-order valence-corrected chi connectivity index (χ0v) is 14.2. The molecule has 4 nitrogen and oxygen atoms in total. The molecular weight excluding hydrogens is 276 g/mol. The summed E-state index contributed by atoms with van der Waals surface area (Å²) >= 11 is 0. The highest BCUT2D eigenvalue weighted by Gasteiger charge is 2.10. The van der Waals surface area contributed by atoms with Gasteiger partial charge in [0.2, 0.25) is 0 Å². The number of nitrogens with one attached hydrogen (secondary N) is 1. The molecular formula is C18H30N2O2. The molecule has 4 heteroatoms. The molecule has 0 saturated carbocycles. The first-order valence-electron chi connectivity index (χ1n) is 8.42. The van der Waals surface area contributed by atoms with Crippen molar-refractivity contribution in [3.8, 4) is 11.5 Å². The van der Waals surface area contributed by atoms with E-state index in [0.29, 0.717) is 5.92 Å². The van der Waals surface area contributed by atoms with E-state index in [2.05, 4.69) is 36.2 Å². The van der Waals surface area contributed by atoms with Crippen LogP contribution in [0.4, 0.5) is 0 Å². The molecule has 124 valence electrons. The fourth-order valence-corrected chi connectivity index (χ4v) is 2.69. The molecule has 1 aromatic rings. The third-order valence-corrected chi connectivity index (χ3v) is 3.95. The highest BCUT2D eigenvalue weighted by Crippen LogP contribution is 2.29. The van der Waals surface area contributed by atoms with E-state index < -0.39 is 0 Å². The number of benzene rings is 1. The first kappa shape index (κ1) is 17.1. The highest BCUT2D eigenvalue weighted by atomic mass is 16.5. The van der Waals surface area contributed by atoms with E-state index in [1.54, 1.807) is 7.11 Å². The molecule has 2 rings (SSSR count). The molecule has 1 fully saturated rings. The Morgan fingerprint density at radius 1 is 1.18 bits per heavy atom. The minimum atomic E-state index is 0.515. The van der Waals surface area contributed by atoms with Crippen molar-refractivity contribution in [2.75, 3.05) is 46.4 Å². The van der Waals surface area contributed by atoms with Crippen molar-refractivity contribution < 1.29 is 9.47 Å². The normalized spacial score (nSPS) is 16.0. The molecule has 0 aliphatic carbocycles.